The Morgan fingerprint density at radius 1 is 1.24 bits per heavy atom. The van der Waals surface area contributed by atoms with E-state index in [9.17, 15) is 0 Å². The second-order valence-electron chi connectivity index (χ2n) is 7.15. The Kier molecular flexibility index (Phi) is 2.01. The highest BCUT2D eigenvalue weighted by Crippen LogP contribution is 2.62. The molecule has 1 nitrogen and oxygen atoms in total. The maximum absolute atomic E-state index is 3.91. The third kappa shape index (κ3) is 1.64. The van der Waals surface area contributed by atoms with Crippen LogP contribution < -0.4 is 5.32 Å². The molecule has 0 amide bonds. The fourth-order valence-electron chi connectivity index (χ4n) is 5.48. The van der Waals surface area contributed by atoms with Crippen molar-refractivity contribution < 1.29 is 0 Å². The first-order valence-corrected chi connectivity index (χ1v) is 7.85. The van der Waals surface area contributed by atoms with E-state index in [0.29, 0.717) is 11.0 Å². The second-order valence-corrected chi connectivity index (χ2v) is 8.10. The Balaban J connectivity index is 1.65. The van der Waals surface area contributed by atoms with Crippen LogP contribution in [0.4, 0.5) is 5.00 Å². The number of nitrogens with one attached hydrogen (secondary N) is 1. The van der Waals surface area contributed by atoms with E-state index in [1.807, 2.05) is 11.3 Å². The lowest BCUT2D eigenvalue weighted by Gasteiger charge is -2.61. The lowest BCUT2D eigenvalue weighted by atomic mass is 9.47. The summed E-state index contributed by atoms with van der Waals surface area (Å²) in [5.74, 6) is 2.02. The zero-order valence-electron chi connectivity index (χ0n) is 10.5. The maximum Gasteiger partial charge on any atom is 0.0886 e. The highest BCUT2D eigenvalue weighted by Gasteiger charge is 2.55. The van der Waals surface area contributed by atoms with Gasteiger partial charge in [0.1, 0.15) is 0 Å². The first kappa shape index (κ1) is 10.4. The molecule has 2 unspecified atom stereocenters. The van der Waals surface area contributed by atoms with Gasteiger partial charge in [-0.1, -0.05) is 6.92 Å². The summed E-state index contributed by atoms with van der Waals surface area (Å²) in [6, 6.07) is 4.40. The van der Waals surface area contributed by atoms with E-state index in [2.05, 4.69) is 29.8 Å². The van der Waals surface area contributed by atoms with Crippen molar-refractivity contribution in [3.63, 3.8) is 0 Å². The van der Waals surface area contributed by atoms with Crippen LogP contribution in [0.3, 0.4) is 0 Å². The molecule has 92 valence electrons. The molecule has 0 saturated heterocycles. The highest BCUT2D eigenvalue weighted by molar-refractivity contribution is 7.14. The molecule has 0 aliphatic heterocycles. The van der Waals surface area contributed by atoms with Crippen molar-refractivity contribution in [2.75, 3.05) is 5.32 Å². The molecule has 1 heterocycles. The fraction of sp³-hybridized carbons (Fsp3) is 0.733. The minimum absolute atomic E-state index is 0.448. The molecule has 1 N–H and O–H groups in total. The number of hydrogen-bond donors (Lipinski definition) is 1. The van der Waals surface area contributed by atoms with E-state index in [-0.39, 0.29) is 0 Å². The van der Waals surface area contributed by atoms with Crippen molar-refractivity contribution in [3.05, 3.63) is 17.5 Å². The molecule has 17 heavy (non-hydrogen) atoms. The fourth-order valence-corrected chi connectivity index (χ4v) is 6.21. The van der Waals surface area contributed by atoms with Gasteiger partial charge in [0.2, 0.25) is 0 Å². The third-order valence-electron chi connectivity index (χ3n) is 5.26. The third-order valence-corrected chi connectivity index (χ3v) is 6.05. The molecule has 2 heteroatoms. The molecular weight excluding hydrogens is 226 g/mol. The van der Waals surface area contributed by atoms with E-state index in [1.165, 1.54) is 43.5 Å². The quantitative estimate of drug-likeness (QED) is 0.810. The van der Waals surface area contributed by atoms with Gasteiger partial charge in [-0.25, -0.2) is 0 Å². The molecular formula is C15H21NS. The molecule has 5 rings (SSSR count). The van der Waals surface area contributed by atoms with Crippen LogP contribution in [0.2, 0.25) is 0 Å². The Morgan fingerprint density at radius 2 is 2.00 bits per heavy atom. The number of rotatable bonds is 2. The Bertz CT molecular complexity index is 408. The van der Waals surface area contributed by atoms with Crippen LogP contribution >= 0.6 is 11.3 Å². The van der Waals surface area contributed by atoms with Crippen molar-refractivity contribution in [2.24, 2.45) is 17.3 Å². The van der Waals surface area contributed by atoms with Gasteiger partial charge in [-0.15, -0.1) is 11.3 Å². The lowest BCUT2D eigenvalue weighted by molar-refractivity contribution is -0.0477. The van der Waals surface area contributed by atoms with Crippen molar-refractivity contribution >= 4 is 16.3 Å². The largest absolute Gasteiger partial charge is 0.371 e. The van der Waals surface area contributed by atoms with Crippen LogP contribution in [0, 0.1) is 17.3 Å². The summed E-state index contributed by atoms with van der Waals surface area (Å²) >= 11 is 1.86. The topological polar surface area (TPSA) is 12.0 Å². The molecule has 0 spiro atoms. The van der Waals surface area contributed by atoms with Crippen molar-refractivity contribution in [1.82, 2.24) is 0 Å². The summed E-state index contributed by atoms with van der Waals surface area (Å²) in [5.41, 5.74) is 1.10. The standard InChI is InChI=1S/C15H21NS/c1-14-6-11-5-12(7-14)9-15(8-11,10-14)16-13-3-2-4-17-13/h2-4,11-12,16H,5-10H2,1H3. The molecule has 1 aromatic heterocycles. The Morgan fingerprint density at radius 3 is 2.59 bits per heavy atom. The minimum atomic E-state index is 0.448. The summed E-state index contributed by atoms with van der Waals surface area (Å²) in [7, 11) is 0. The Labute approximate surface area is 108 Å². The molecule has 4 aliphatic rings. The van der Waals surface area contributed by atoms with Crippen molar-refractivity contribution in [1.29, 1.82) is 0 Å². The van der Waals surface area contributed by atoms with Crippen LogP contribution in [0.15, 0.2) is 17.5 Å². The molecule has 2 atom stereocenters. The smallest absolute Gasteiger partial charge is 0.0886 e. The normalized spacial score (nSPS) is 47.4. The van der Waals surface area contributed by atoms with E-state index in [0.717, 1.165) is 11.8 Å². The molecule has 1 aromatic rings. The summed E-state index contributed by atoms with van der Waals surface area (Å²) in [5, 5.41) is 7.48. The van der Waals surface area contributed by atoms with Gasteiger partial charge in [0.25, 0.3) is 0 Å². The summed E-state index contributed by atoms with van der Waals surface area (Å²) < 4.78 is 0. The summed E-state index contributed by atoms with van der Waals surface area (Å²) in [4.78, 5) is 0. The highest BCUT2D eigenvalue weighted by atomic mass is 32.1. The van der Waals surface area contributed by atoms with E-state index < -0.39 is 0 Å². The minimum Gasteiger partial charge on any atom is -0.371 e. The van der Waals surface area contributed by atoms with Gasteiger partial charge in [-0.05, 0) is 73.3 Å². The predicted molar refractivity (Wildman–Crippen MR) is 73.5 cm³/mol. The summed E-state index contributed by atoms with van der Waals surface area (Å²) in [6.07, 6.45) is 8.77. The molecule has 0 aromatic carbocycles. The van der Waals surface area contributed by atoms with Gasteiger partial charge in [-0.2, -0.15) is 0 Å². The van der Waals surface area contributed by atoms with Gasteiger partial charge in [0, 0.05) is 5.54 Å². The summed E-state index contributed by atoms with van der Waals surface area (Å²) in [6.45, 7) is 2.54. The van der Waals surface area contributed by atoms with Gasteiger partial charge in [-0.3, -0.25) is 0 Å². The SMILES string of the molecule is CC12CC3CC(C1)CC(Nc1cccs1)(C3)C2. The molecule has 4 bridgehead atoms. The van der Waals surface area contributed by atoms with E-state index in [1.54, 1.807) is 0 Å². The van der Waals surface area contributed by atoms with Gasteiger partial charge in [0.05, 0.1) is 5.00 Å². The van der Waals surface area contributed by atoms with Crippen molar-refractivity contribution in [2.45, 2.75) is 51.0 Å². The number of hydrogen-bond acceptors (Lipinski definition) is 2. The van der Waals surface area contributed by atoms with Crippen LogP contribution in [0.5, 0.6) is 0 Å². The van der Waals surface area contributed by atoms with Crippen LogP contribution in [-0.2, 0) is 0 Å². The Hall–Kier alpha value is -0.500. The number of anilines is 1. The monoisotopic (exact) mass is 247 g/mol. The molecule has 4 aliphatic carbocycles. The van der Waals surface area contributed by atoms with E-state index >= 15 is 0 Å². The first-order valence-electron chi connectivity index (χ1n) is 6.97. The lowest BCUT2D eigenvalue weighted by Crippen LogP contribution is -2.58. The van der Waals surface area contributed by atoms with Crippen LogP contribution in [0.1, 0.15) is 45.4 Å². The zero-order chi connectivity index (χ0) is 11.5. The molecule has 4 fully saturated rings. The average Bonchev–Trinajstić information content (AvgIpc) is 2.64. The maximum atomic E-state index is 3.91. The predicted octanol–water partition coefficient (Wildman–Crippen LogP) is 4.52. The molecule has 0 radical (unpaired) electrons. The van der Waals surface area contributed by atoms with Crippen molar-refractivity contribution in [3.8, 4) is 0 Å². The first-order chi connectivity index (χ1) is 8.15. The van der Waals surface area contributed by atoms with Gasteiger partial charge >= 0.3 is 0 Å². The molecule has 4 saturated carbocycles. The van der Waals surface area contributed by atoms with E-state index in [4.69, 9.17) is 0 Å². The number of thiophene rings is 1. The second kappa shape index (κ2) is 3.28. The van der Waals surface area contributed by atoms with Crippen LogP contribution in [-0.4, -0.2) is 5.54 Å². The zero-order valence-corrected chi connectivity index (χ0v) is 11.4. The van der Waals surface area contributed by atoms with Gasteiger partial charge in [0.15, 0.2) is 0 Å². The van der Waals surface area contributed by atoms with Gasteiger partial charge < -0.3 is 5.32 Å². The van der Waals surface area contributed by atoms with Crippen LogP contribution in [0.25, 0.3) is 0 Å². The average molecular weight is 247 g/mol.